The van der Waals surface area contributed by atoms with E-state index in [1.165, 1.54) is 0 Å². The van der Waals surface area contributed by atoms with E-state index in [0.29, 0.717) is 6.42 Å². The molecule has 0 aliphatic carbocycles. The van der Waals surface area contributed by atoms with Crippen molar-refractivity contribution in [3.63, 3.8) is 0 Å². The first-order valence-electron chi connectivity index (χ1n) is 5.93. The number of benzene rings is 1. The van der Waals surface area contributed by atoms with Crippen LogP contribution in [0.15, 0.2) is 34.9 Å². The molecule has 0 amide bonds. The van der Waals surface area contributed by atoms with Gasteiger partial charge in [0, 0.05) is 10.9 Å². The molecule has 0 fully saturated rings. The molecule has 18 heavy (non-hydrogen) atoms. The topological polar surface area (TPSA) is 53.7 Å². The van der Waals surface area contributed by atoms with E-state index in [-0.39, 0.29) is 0 Å². The van der Waals surface area contributed by atoms with E-state index in [1.54, 1.807) is 6.26 Å². The van der Waals surface area contributed by atoms with E-state index in [9.17, 15) is 9.90 Å². The third kappa shape index (κ3) is 2.54. The lowest BCUT2D eigenvalue weighted by atomic mass is 9.95. The minimum Gasteiger partial charge on any atom is -0.481 e. The Balaban J connectivity index is 2.33. The summed E-state index contributed by atoms with van der Waals surface area (Å²) in [6.45, 7) is 0.733. The molecule has 1 heterocycles. The minimum atomic E-state index is -0.802. The van der Waals surface area contributed by atoms with Crippen LogP contribution in [-0.4, -0.2) is 36.6 Å². The van der Waals surface area contributed by atoms with Crippen molar-refractivity contribution in [2.75, 3.05) is 20.6 Å². The molecule has 1 aromatic carbocycles. The fourth-order valence-corrected chi connectivity index (χ4v) is 2.07. The number of carbonyl (C=O) groups is 1. The minimum absolute atomic E-state index is 0.518. The van der Waals surface area contributed by atoms with Crippen LogP contribution in [0.3, 0.4) is 0 Å². The predicted octanol–water partition coefficient (Wildman–Crippen LogP) is 2.55. The highest BCUT2D eigenvalue weighted by Crippen LogP contribution is 2.29. The number of nitrogens with zero attached hydrogens (tertiary/aromatic N) is 1. The quantitative estimate of drug-likeness (QED) is 0.882. The Hall–Kier alpha value is -1.81. The molecule has 96 valence electrons. The largest absolute Gasteiger partial charge is 0.481 e. The molecule has 0 saturated carbocycles. The second kappa shape index (κ2) is 5.23. The van der Waals surface area contributed by atoms with Crippen LogP contribution in [0, 0.1) is 0 Å². The maximum Gasteiger partial charge on any atom is 0.311 e. The van der Waals surface area contributed by atoms with Gasteiger partial charge in [0.25, 0.3) is 0 Å². The lowest BCUT2D eigenvalue weighted by Gasteiger charge is -2.14. The monoisotopic (exact) mass is 247 g/mol. The molecule has 4 heteroatoms. The zero-order valence-corrected chi connectivity index (χ0v) is 10.6. The summed E-state index contributed by atoms with van der Waals surface area (Å²) in [4.78, 5) is 13.4. The molecular weight excluding hydrogens is 230 g/mol. The average Bonchev–Trinajstić information content (AvgIpc) is 2.73. The van der Waals surface area contributed by atoms with Gasteiger partial charge >= 0.3 is 5.97 Å². The highest BCUT2D eigenvalue weighted by atomic mass is 16.4. The van der Waals surface area contributed by atoms with Gasteiger partial charge in [0.2, 0.25) is 0 Å². The lowest BCUT2D eigenvalue weighted by molar-refractivity contribution is -0.139. The molecule has 2 rings (SSSR count). The van der Waals surface area contributed by atoms with Gasteiger partial charge in [-0.05, 0) is 33.1 Å². The Bertz CT molecular complexity index is 545. The van der Waals surface area contributed by atoms with Crippen molar-refractivity contribution in [3.8, 4) is 0 Å². The van der Waals surface area contributed by atoms with Gasteiger partial charge in [0.15, 0.2) is 0 Å². The summed E-state index contributed by atoms with van der Waals surface area (Å²) in [5, 5.41) is 10.2. The van der Waals surface area contributed by atoms with Crippen molar-refractivity contribution in [2.45, 2.75) is 12.3 Å². The van der Waals surface area contributed by atoms with Crippen molar-refractivity contribution in [2.24, 2.45) is 0 Å². The van der Waals surface area contributed by atoms with Gasteiger partial charge in [0.1, 0.15) is 5.58 Å². The van der Waals surface area contributed by atoms with Gasteiger partial charge in [-0.1, -0.05) is 18.2 Å². The lowest BCUT2D eigenvalue weighted by Crippen LogP contribution is -2.20. The summed E-state index contributed by atoms with van der Waals surface area (Å²) in [5.41, 5.74) is 1.50. The zero-order valence-electron chi connectivity index (χ0n) is 10.6. The van der Waals surface area contributed by atoms with Crippen LogP contribution in [0.25, 0.3) is 11.0 Å². The van der Waals surface area contributed by atoms with Crippen LogP contribution < -0.4 is 0 Å². The molecule has 0 saturated heterocycles. The first-order valence-corrected chi connectivity index (χ1v) is 5.93. The van der Waals surface area contributed by atoms with E-state index in [2.05, 4.69) is 0 Å². The van der Waals surface area contributed by atoms with Gasteiger partial charge in [-0.2, -0.15) is 0 Å². The van der Waals surface area contributed by atoms with Gasteiger partial charge in [-0.3, -0.25) is 4.79 Å². The summed E-state index contributed by atoms with van der Waals surface area (Å²) < 4.78 is 5.41. The fourth-order valence-electron chi connectivity index (χ4n) is 2.07. The van der Waals surface area contributed by atoms with Crippen molar-refractivity contribution in [3.05, 3.63) is 36.1 Å². The maximum atomic E-state index is 11.4. The fraction of sp³-hybridized carbons (Fsp3) is 0.357. The average molecular weight is 247 g/mol. The molecule has 0 bridgehead atoms. The molecule has 2 aromatic rings. The standard InChI is InChI=1S/C14H17NO3/c1-15(2)8-7-11(14(16)17)12-9-18-13-6-4-3-5-10(12)13/h3-6,9,11H,7-8H2,1-2H3,(H,16,17). The normalized spacial score (nSPS) is 13.1. The van der Waals surface area contributed by atoms with Gasteiger partial charge in [0.05, 0.1) is 12.2 Å². The Morgan fingerprint density at radius 2 is 2.11 bits per heavy atom. The van der Waals surface area contributed by atoms with Crippen molar-refractivity contribution in [1.29, 1.82) is 0 Å². The molecular formula is C14H17NO3. The molecule has 0 radical (unpaired) electrons. The van der Waals surface area contributed by atoms with Crippen molar-refractivity contribution < 1.29 is 14.3 Å². The molecule has 0 spiro atoms. The number of hydrogen-bond acceptors (Lipinski definition) is 3. The number of furan rings is 1. The molecule has 4 nitrogen and oxygen atoms in total. The van der Waals surface area contributed by atoms with Crippen LogP contribution in [0.2, 0.25) is 0 Å². The highest BCUT2D eigenvalue weighted by Gasteiger charge is 2.23. The van der Waals surface area contributed by atoms with Gasteiger partial charge < -0.3 is 14.4 Å². The second-order valence-electron chi connectivity index (χ2n) is 4.67. The van der Waals surface area contributed by atoms with Crippen LogP contribution >= 0.6 is 0 Å². The Kier molecular flexibility index (Phi) is 3.67. The second-order valence-corrected chi connectivity index (χ2v) is 4.67. The van der Waals surface area contributed by atoms with E-state index in [0.717, 1.165) is 23.1 Å². The SMILES string of the molecule is CN(C)CCC(C(=O)O)c1coc2ccccc12. The number of rotatable bonds is 5. The van der Waals surface area contributed by atoms with Crippen LogP contribution in [0.1, 0.15) is 17.9 Å². The van der Waals surface area contributed by atoms with Crippen LogP contribution in [0.4, 0.5) is 0 Å². The van der Waals surface area contributed by atoms with Crippen molar-refractivity contribution in [1.82, 2.24) is 4.90 Å². The van der Waals surface area contributed by atoms with E-state index in [1.807, 2.05) is 43.3 Å². The first-order chi connectivity index (χ1) is 8.59. The molecule has 1 atom stereocenters. The number of aliphatic carboxylic acids is 1. The third-order valence-electron chi connectivity index (χ3n) is 3.05. The van der Waals surface area contributed by atoms with Gasteiger partial charge in [-0.25, -0.2) is 0 Å². The molecule has 0 aliphatic rings. The number of fused-ring (bicyclic) bond motifs is 1. The maximum absolute atomic E-state index is 11.4. The number of para-hydroxylation sites is 1. The number of carboxylic acid groups (broad SMARTS) is 1. The summed E-state index contributed by atoms with van der Waals surface area (Å²) >= 11 is 0. The molecule has 0 aliphatic heterocycles. The summed E-state index contributed by atoms with van der Waals surface area (Å²) in [5.74, 6) is -1.32. The predicted molar refractivity (Wildman–Crippen MR) is 69.8 cm³/mol. The highest BCUT2D eigenvalue weighted by molar-refractivity contribution is 5.87. The van der Waals surface area contributed by atoms with E-state index < -0.39 is 11.9 Å². The number of carboxylic acids is 1. The first kappa shape index (κ1) is 12.6. The zero-order chi connectivity index (χ0) is 13.1. The van der Waals surface area contributed by atoms with Crippen LogP contribution in [0.5, 0.6) is 0 Å². The van der Waals surface area contributed by atoms with Crippen molar-refractivity contribution >= 4 is 16.9 Å². The van der Waals surface area contributed by atoms with Crippen LogP contribution in [-0.2, 0) is 4.79 Å². The third-order valence-corrected chi connectivity index (χ3v) is 3.05. The summed E-state index contributed by atoms with van der Waals surface area (Å²) in [6, 6.07) is 7.53. The Morgan fingerprint density at radius 1 is 1.39 bits per heavy atom. The summed E-state index contributed by atoms with van der Waals surface area (Å²) in [6.07, 6.45) is 2.14. The van der Waals surface area contributed by atoms with E-state index >= 15 is 0 Å². The molecule has 1 unspecified atom stereocenters. The number of hydrogen-bond donors (Lipinski definition) is 1. The Labute approximate surface area is 106 Å². The summed E-state index contributed by atoms with van der Waals surface area (Å²) in [7, 11) is 3.87. The molecule has 1 N–H and O–H groups in total. The van der Waals surface area contributed by atoms with Gasteiger partial charge in [-0.15, -0.1) is 0 Å². The molecule has 1 aromatic heterocycles. The van der Waals surface area contributed by atoms with E-state index in [4.69, 9.17) is 4.42 Å². The smallest absolute Gasteiger partial charge is 0.311 e. The Morgan fingerprint density at radius 3 is 2.78 bits per heavy atom.